The van der Waals surface area contributed by atoms with Crippen LogP contribution in [0, 0.1) is 0 Å². The van der Waals surface area contributed by atoms with Crippen molar-refractivity contribution in [2.24, 2.45) is 0 Å². The third kappa shape index (κ3) is 2.06. The zero-order valence-corrected chi connectivity index (χ0v) is 9.82. The van der Waals surface area contributed by atoms with E-state index in [2.05, 4.69) is 5.32 Å². The number of ether oxygens (including phenoxy) is 2. The van der Waals surface area contributed by atoms with Crippen LogP contribution in [0.3, 0.4) is 0 Å². The molecule has 2 N–H and O–H groups in total. The van der Waals surface area contributed by atoms with Crippen molar-refractivity contribution in [1.82, 2.24) is 5.32 Å². The lowest BCUT2D eigenvalue weighted by atomic mass is 9.90. The highest BCUT2D eigenvalue weighted by Gasteiger charge is 2.27. The predicted octanol–water partition coefficient (Wildman–Crippen LogP) is 0.975. The van der Waals surface area contributed by atoms with Gasteiger partial charge in [0, 0.05) is 13.1 Å². The third-order valence-electron chi connectivity index (χ3n) is 2.98. The fraction of sp³-hybridized carbons (Fsp3) is 0.417. The summed E-state index contributed by atoms with van der Waals surface area (Å²) in [5, 5.41) is 12.2. The summed E-state index contributed by atoms with van der Waals surface area (Å²) in [6.45, 7) is 1.09. The molecule has 1 aliphatic rings. The summed E-state index contributed by atoms with van der Waals surface area (Å²) in [7, 11) is 3.11. The van der Waals surface area contributed by atoms with Gasteiger partial charge in [0.2, 0.25) is 0 Å². The Morgan fingerprint density at radius 2 is 2.00 bits per heavy atom. The van der Waals surface area contributed by atoms with Crippen molar-refractivity contribution >= 4 is 5.97 Å². The Balaban J connectivity index is 2.50. The summed E-state index contributed by atoms with van der Waals surface area (Å²) in [5.41, 5.74) is 1.75. The Hall–Kier alpha value is -1.75. The maximum Gasteiger partial charge on any atom is 0.312 e. The summed E-state index contributed by atoms with van der Waals surface area (Å²) in [5.74, 6) is -0.164. The second-order valence-electron chi connectivity index (χ2n) is 3.93. The molecule has 1 aromatic carbocycles. The number of carbonyl (C=O) groups is 1. The number of carboxylic acids is 1. The van der Waals surface area contributed by atoms with E-state index in [4.69, 9.17) is 14.6 Å². The van der Waals surface area contributed by atoms with Gasteiger partial charge < -0.3 is 19.9 Å². The predicted molar refractivity (Wildman–Crippen MR) is 61.6 cm³/mol. The van der Waals surface area contributed by atoms with Crippen LogP contribution in [0.2, 0.25) is 0 Å². The van der Waals surface area contributed by atoms with Crippen molar-refractivity contribution < 1.29 is 19.4 Å². The molecule has 1 heterocycles. The maximum absolute atomic E-state index is 11.2. The van der Waals surface area contributed by atoms with E-state index in [9.17, 15) is 4.79 Å². The number of fused-ring (bicyclic) bond motifs is 1. The van der Waals surface area contributed by atoms with Crippen LogP contribution in [0.5, 0.6) is 11.5 Å². The molecule has 0 saturated carbocycles. The van der Waals surface area contributed by atoms with E-state index < -0.39 is 11.9 Å². The van der Waals surface area contributed by atoms with Crippen LogP contribution in [0.25, 0.3) is 0 Å². The van der Waals surface area contributed by atoms with Gasteiger partial charge in [-0.15, -0.1) is 0 Å². The molecule has 1 aromatic rings. The molecule has 0 fully saturated rings. The second kappa shape index (κ2) is 4.63. The standard InChI is InChI=1S/C12H15NO4/c1-16-10-3-7-5-13-6-9(12(14)15)8(7)4-11(10)17-2/h3-4,9,13H,5-6H2,1-2H3,(H,14,15). The first-order chi connectivity index (χ1) is 8.17. The minimum atomic E-state index is -0.828. The number of hydrogen-bond donors (Lipinski definition) is 2. The molecule has 0 radical (unpaired) electrons. The second-order valence-corrected chi connectivity index (χ2v) is 3.93. The fourth-order valence-electron chi connectivity index (χ4n) is 2.10. The molecule has 0 bridgehead atoms. The van der Waals surface area contributed by atoms with Crippen molar-refractivity contribution in [1.29, 1.82) is 0 Å². The highest BCUT2D eigenvalue weighted by molar-refractivity contribution is 5.78. The molecule has 5 heteroatoms. The highest BCUT2D eigenvalue weighted by atomic mass is 16.5. The number of carboxylic acid groups (broad SMARTS) is 1. The zero-order valence-electron chi connectivity index (χ0n) is 9.82. The van der Waals surface area contributed by atoms with Gasteiger partial charge >= 0.3 is 5.97 Å². The van der Waals surface area contributed by atoms with Gasteiger partial charge in [-0.25, -0.2) is 0 Å². The fourth-order valence-corrected chi connectivity index (χ4v) is 2.10. The summed E-state index contributed by atoms with van der Waals surface area (Å²) >= 11 is 0. The molecule has 0 amide bonds. The molecule has 2 rings (SSSR count). The summed E-state index contributed by atoms with van der Waals surface area (Å²) in [6.07, 6.45) is 0. The summed E-state index contributed by atoms with van der Waals surface area (Å²) in [4.78, 5) is 11.2. The van der Waals surface area contributed by atoms with E-state index in [0.29, 0.717) is 24.6 Å². The molecule has 0 saturated heterocycles. The Bertz CT molecular complexity index is 444. The molecule has 5 nitrogen and oxygen atoms in total. The minimum absolute atomic E-state index is 0.442. The van der Waals surface area contributed by atoms with Gasteiger partial charge in [0.15, 0.2) is 11.5 Å². The number of methoxy groups -OCH3 is 2. The quantitative estimate of drug-likeness (QED) is 0.820. The molecule has 1 unspecified atom stereocenters. The molecule has 0 aromatic heterocycles. The van der Waals surface area contributed by atoms with Gasteiger partial charge in [0.1, 0.15) is 0 Å². The van der Waals surface area contributed by atoms with E-state index in [0.717, 1.165) is 11.1 Å². The Morgan fingerprint density at radius 1 is 1.35 bits per heavy atom. The normalized spacial score (nSPS) is 18.4. The molecule has 0 aliphatic carbocycles. The van der Waals surface area contributed by atoms with Gasteiger partial charge in [-0.1, -0.05) is 0 Å². The van der Waals surface area contributed by atoms with Crippen LogP contribution in [-0.2, 0) is 11.3 Å². The minimum Gasteiger partial charge on any atom is -0.493 e. The first-order valence-corrected chi connectivity index (χ1v) is 5.35. The lowest BCUT2D eigenvalue weighted by molar-refractivity contribution is -0.138. The number of benzene rings is 1. The topological polar surface area (TPSA) is 67.8 Å². The Morgan fingerprint density at radius 3 is 2.59 bits per heavy atom. The number of rotatable bonds is 3. The Kier molecular flexibility index (Phi) is 3.19. The van der Waals surface area contributed by atoms with Gasteiger partial charge in [-0.05, 0) is 23.3 Å². The van der Waals surface area contributed by atoms with E-state index in [-0.39, 0.29) is 0 Å². The molecular formula is C12H15NO4. The highest BCUT2D eigenvalue weighted by Crippen LogP contribution is 2.35. The molecule has 92 valence electrons. The van der Waals surface area contributed by atoms with Crippen molar-refractivity contribution in [2.75, 3.05) is 20.8 Å². The van der Waals surface area contributed by atoms with Crippen LogP contribution in [-0.4, -0.2) is 31.8 Å². The third-order valence-corrected chi connectivity index (χ3v) is 2.98. The first-order valence-electron chi connectivity index (χ1n) is 5.35. The first kappa shape index (κ1) is 11.7. The molecule has 1 atom stereocenters. The zero-order chi connectivity index (χ0) is 12.4. The van der Waals surface area contributed by atoms with Gasteiger partial charge in [0.25, 0.3) is 0 Å². The van der Waals surface area contributed by atoms with Crippen molar-refractivity contribution in [2.45, 2.75) is 12.5 Å². The van der Waals surface area contributed by atoms with Crippen LogP contribution in [0.1, 0.15) is 17.0 Å². The van der Waals surface area contributed by atoms with E-state index in [1.807, 2.05) is 6.07 Å². The molecule has 0 spiro atoms. The van der Waals surface area contributed by atoms with Gasteiger partial charge in [-0.2, -0.15) is 0 Å². The number of nitrogens with one attached hydrogen (secondary N) is 1. The van der Waals surface area contributed by atoms with Crippen LogP contribution >= 0.6 is 0 Å². The largest absolute Gasteiger partial charge is 0.493 e. The molecule has 1 aliphatic heterocycles. The van der Waals surface area contributed by atoms with Crippen LogP contribution in [0.15, 0.2) is 12.1 Å². The van der Waals surface area contributed by atoms with Crippen LogP contribution in [0.4, 0.5) is 0 Å². The van der Waals surface area contributed by atoms with E-state index >= 15 is 0 Å². The lowest BCUT2D eigenvalue weighted by Crippen LogP contribution is -2.32. The van der Waals surface area contributed by atoms with Crippen molar-refractivity contribution in [3.05, 3.63) is 23.3 Å². The SMILES string of the molecule is COc1cc2c(cc1OC)C(C(=O)O)CNC2. The number of hydrogen-bond acceptors (Lipinski definition) is 4. The summed E-state index contributed by atoms with van der Waals surface area (Å²) < 4.78 is 10.4. The van der Waals surface area contributed by atoms with Crippen molar-refractivity contribution in [3.63, 3.8) is 0 Å². The average Bonchev–Trinajstić information content (AvgIpc) is 2.35. The van der Waals surface area contributed by atoms with E-state index in [1.165, 1.54) is 0 Å². The maximum atomic E-state index is 11.2. The monoisotopic (exact) mass is 237 g/mol. The van der Waals surface area contributed by atoms with Crippen LogP contribution < -0.4 is 14.8 Å². The molecule has 17 heavy (non-hydrogen) atoms. The molecular weight excluding hydrogens is 222 g/mol. The van der Waals surface area contributed by atoms with Crippen molar-refractivity contribution in [3.8, 4) is 11.5 Å². The number of aliphatic carboxylic acids is 1. The van der Waals surface area contributed by atoms with E-state index in [1.54, 1.807) is 20.3 Å². The van der Waals surface area contributed by atoms with Gasteiger partial charge in [-0.3, -0.25) is 4.79 Å². The lowest BCUT2D eigenvalue weighted by Gasteiger charge is -2.24. The average molecular weight is 237 g/mol. The summed E-state index contributed by atoms with van der Waals surface area (Å²) in [6, 6.07) is 3.59. The van der Waals surface area contributed by atoms with Gasteiger partial charge in [0.05, 0.1) is 20.1 Å². The smallest absolute Gasteiger partial charge is 0.312 e. The Labute approximate surface area is 99.3 Å².